The first kappa shape index (κ1) is 16.3. The van der Waals surface area contributed by atoms with E-state index in [1.807, 2.05) is 48.3 Å². The van der Waals surface area contributed by atoms with Gasteiger partial charge in [-0.25, -0.2) is 0 Å². The normalized spacial score (nSPS) is 20.4. The fraction of sp³-hybridized carbons (Fsp3) is 0.500. The molecule has 1 amide bonds. The molecule has 2 aliphatic rings. The lowest BCUT2D eigenvalue weighted by atomic mass is 9.96. The van der Waals surface area contributed by atoms with Gasteiger partial charge in [-0.15, -0.1) is 0 Å². The number of likely N-dealkylation sites (N-methyl/N-ethyl adjacent to an activating group) is 1. The fourth-order valence-corrected chi connectivity index (χ4v) is 3.83. The van der Waals surface area contributed by atoms with E-state index in [0.29, 0.717) is 6.04 Å². The van der Waals surface area contributed by atoms with E-state index in [1.54, 1.807) is 0 Å². The highest BCUT2D eigenvalue weighted by molar-refractivity contribution is 5.91. The Bertz CT molecular complexity index is 743. The van der Waals surface area contributed by atoms with Gasteiger partial charge in [0.15, 0.2) is 5.76 Å². The van der Waals surface area contributed by atoms with Gasteiger partial charge in [-0.05, 0) is 45.8 Å². The molecule has 0 atom stereocenters. The van der Waals surface area contributed by atoms with Gasteiger partial charge in [-0.2, -0.15) is 0 Å². The number of carbonyl (C=O) groups excluding carboxylic acids is 1. The van der Waals surface area contributed by atoms with Crippen LogP contribution in [0.5, 0.6) is 0 Å². The molecular formula is C20H25N3O2. The number of hydrogen-bond donors (Lipinski definition) is 0. The van der Waals surface area contributed by atoms with Crippen LogP contribution in [0.3, 0.4) is 0 Å². The summed E-state index contributed by atoms with van der Waals surface area (Å²) in [6.45, 7) is 2.11. The van der Waals surface area contributed by atoms with Crippen molar-refractivity contribution in [3.63, 3.8) is 0 Å². The summed E-state index contributed by atoms with van der Waals surface area (Å²) < 4.78 is 5.54. The van der Waals surface area contributed by atoms with Crippen LogP contribution in [0.4, 0.5) is 0 Å². The Kier molecular flexibility index (Phi) is 4.12. The molecule has 2 fully saturated rings. The van der Waals surface area contributed by atoms with Gasteiger partial charge in [-0.1, -0.05) is 35.5 Å². The number of hydrogen-bond acceptors (Lipinski definition) is 4. The van der Waals surface area contributed by atoms with Crippen LogP contribution in [0.1, 0.15) is 31.4 Å². The Morgan fingerprint density at radius 1 is 1.24 bits per heavy atom. The average Bonchev–Trinajstić information content (AvgIpc) is 3.31. The van der Waals surface area contributed by atoms with Crippen LogP contribution in [-0.2, 0) is 10.2 Å². The van der Waals surface area contributed by atoms with E-state index in [2.05, 4.69) is 17.1 Å². The minimum absolute atomic E-state index is 0.204. The molecule has 0 bridgehead atoms. The van der Waals surface area contributed by atoms with Gasteiger partial charge in [0.05, 0.1) is 11.1 Å². The molecule has 1 aliphatic carbocycles. The zero-order chi connectivity index (χ0) is 17.4. The van der Waals surface area contributed by atoms with E-state index in [4.69, 9.17) is 4.52 Å². The van der Waals surface area contributed by atoms with Crippen molar-refractivity contribution < 1.29 is 9.32 Å². The molecule has 132 valence electrons. The molecule has 2 heterocycles. The smallest absolute Gasteiger partial charge is 0.234 e. The second-order valence-electron chi connectivity index (χ2n) is 7.48. The van der Waals surface area contributed by atoms with Crippen molar-refractivity contribution >= 4 is 5.91 Å². The molecule has 5 nitrogen and oxygen atoms in total. The Hall–Kier alpha value is -2.14. The molecule has 0 unspecified atom stereocenters. The van der Waals surface area contributed by atoms with Gasteiger partial charge in [0.25, 0.3) is 0 Å². The van der Waals surface area contributed by atoms with Crippen LogP contribution in [-0.4, -0.2) is 54.1 Å². The summed E-state index contributed by atoms with van der Waals surface area (Å²) >= 11 is 0. The van der Waals surface area contributed by atoms with E-state index in [1.165, 1.54) is 0 Å². The van der Waals surface area contributed by atoms with Crippen molar-refractivity contribution in [2.24, 2.45) is 0 Å². The molecule has 1 aliphatic heterocycles. The molecule has 1 aromatic heterocycles. The summed E-state index contributed by atoms with van der Waals surface area (Å²) in [6.07, 6.45) is 3.82. The van der Waals surface area contributed by atoms with Crippen molar-refractivity contribution in [2.45, 2.75) is 37.1 Å². The van der Waals surface area contributed by atoms with Crippen molar-refractivity contribution in [1.29, 1.82) is 0 Å². The minimum Gasteiger partial charge on any atom is -0.356 e. The SMILES string of the molecule is CN1CCC(N(C)C(=O)C2(c3cc(-c4ccccc4)on3)CC2)CC1. The first-order chi connectivity index (χ1) is 12.1. The molecule has 1 saturated carbocycles. The highest BCUT2D eigenvalue weighted by Crippen LogP contribution is 2.50. The molecule has 25 heavy (non-hydrogen) atoms. The second kappa shape index (κ2) is 6.30. The van der Waals surface area contributed by atoms with E-state index < -0.39 is 5.41 Å². The maximum atomic E-state index is 13.2. The summed E-state index contributed by atoms with van der Waals surface area (Å²) in [7, 11) is 4.09. The van der Waals surface area contributed by atoms with Crippen LogP contribution in [0, 0.1) is 0 Å². The maximum absolute atomic E-state index is 13.2. The summed E-state index contributed by atoms with van der Waals surface area (Å²) in [6, 6.07) is 12.2. The number of amides is 1. The molecule has 2 aromatic rings. The van der Waals surface area contributed by atoms with Gasteiger partial charge >= 0.3 is 0 Å². The number of carbonyl (C=O) groups is 1. The van der Waals surface area contributed by atoms with E-state index >= 15 is 0 Å². The van der Waals surface area contributed by atoms with E-state index in [9.17, 15) is 4.79 Å². The van der Waals surface area contributed by atoms with Gasteiger partial charge in [-0.3, -0.25) is 4.79 Å². The van der Waals surface area contributed by atoms with Crippen LogP contribution >= 0.6 is 0 Å². The predicted molar refractivity (Wildman–Crippen MR) is 96.1 cm³/mol. The lowest BCUT2D eigenvalue weighted by Crippen LogP contribution is -2.47. The summed E-state index contributed by atoms with van der Waals surface area (Å²) in [4.78, 5) is 17.5. The van der Waals surface area contributed by atoms with Gasteiger partial charge in [0.1, 0.15) is 0 Å². The van der Waals surface area contributed by atoms with Crippen LogP contribution in [0.25, 0.3) is 11.3 Å². The Balaban J connectivity index is 1.52. The zero-order valence-electron chi connectivity index (χ0n) is 14.9. The highest BCUT2D eigenvalue weighted by Gasteiger charge is 2.55. The van der Waals surface area contributed by atoms with Gasteiger partial charge in [0.2, 0.25) is 5.91 Å². The summed E-state index contributed by atoms with van der Waals surface area (Å²) in [5.74, 6) is 0.937. The monoisotopic (exact) mass is 339 g/mol. The number of likely N-dealkylation sites (tertiary alicyclic amines) is 1. The van der Waals surface area contributed by atoms with Crippen LogP contribution < -0.4 is 0 Å². The Labute approximate surface area is 148 Å². The number of rotatable bonds is 4. The highest BCUT2D eigenvalue weighted by atomic mass is 16.5. The third-order valence-electron chi connectivity index (χ3n) is 5.77. The largest absolute Gasteiger partial charge is 0.356 e. The molecule has 1 saturated heterocycles. The molecule has 0 spiro atoms. The van der Waals surface area contributed by atoms with Gasteiger partial charge < -0.3 is 14.3 Å². The molecule has 5 heteroatoms. The van der Waals surface area contributed by atoms with Crippen LogP contribution in [0.2, 0.25) is 0 Å². The molecule has 0 radical (unpaired) electrons. The van der Waals surface area contributed by atoms with Crippen LogP contribution in [0.15, 0.2) is 40.9 Å². The molecule has 4 rings (SSSR count). The summed E-state index contributed by atoms with van der Waals surface area (Å²) in [5.41, 5.74) is 1.32. The number of aromatic nitrogens is 1. The Morgan fingerprint density at radius 3 is 2.56 bits per heavy atom. The minimum atomic E-state index is -0.464. The number of piperidine rings is 1. The molecular weight excluding hydrogens is 314 g/mol. The quantitative estimate of drug-likeness (QED) is 0.859. The molecule has 0 N–H and O–H groups in total. The topological polar surface area (TPSA) is 49.6 Å². The van der Waals surface area contributed by atoms with Crippen molar-refractivity contribution in [1.82, 2.24) is 15.0 Å². The zero-order valence-corrected chi connectivity index (χ0v) is 14.9. The lowest BCUT2D eigenvalue weighted by Gasteiger charge is -2.36. The van der Waals surface area contributed by atoms with Gasteiger partial charge in [0, 0.05) is 24.7 Å². The van der Waals surface area contributed by atoms with E-state index in [-0.39, 0.29) is 5.91 Å². The third-order valence-corrected chi connectivity index (χ3v) is 5.77. The predicted octanol–water partition coefficient (Wildman–Crippen LogP) is 2.93. The van der Waals surface area contributed by atoms with Crippen molar-refractivity contribution in [3.8, 4) is 11.3 Å². The number of benzene rings is 1. The maximum Gasteiger partial charge on any atom is 0.234 e. The summed E-state index contributed by atoms with van der Waals surface area (Å²) in [5, 5.41) is 4.26. The van der Waals surface area contributed by atoms with Crippen molar-refractivity contribution in [3.05, 3.63) is 42.1 Å². The average molecular weight is 339 g/mol. The first-order valence-electron chi connectivity index (χ1n) is 9.08. The Morgan fingerprint density at radius 2 is 1.92 bits per heavy atom. The van der Waals surface area contributed by atoms with E-state index in [0.717, 1.165) is 55.8 Å². The molecule has 1 aromatic carbocycles. The first-order valence-corrected chi connectivity index (χ1v) is 9.08. The fourth-order valence-electron chi connectivity index (χ4n) is 3.83. The lowest BCUT2D eigenvalue weighted by molar-refractivity contribution is -0.135. The third kappa shape index (κ3) is 2.97. The second-order valence-corrected chi connectivity index (χ2v) is 7.48. The van der Waals surface area contributed by atoms with Crippen molar-refractivity contribution in [2.75, 3.05) is 27.2 Å². The number of nitrogens with zero attached hydrogens (tertiary/aromatic N) is 3. The standard InChI is InChI=1S/C20H25N3O2/c1-22-12-8-16(9-13-22)23(2)19(24)20(10-11-20)18-14-17(25-21-18)15-6-4-3-5-7-15/h3-7,14,16H,8-13H2,1-2H3.